The second kappa shape index (κ2) is 8.54. The number of para-hydroxylation sites is 1. The van der Waals surface area contributed by atoms with Crippen molar-refractivity contribution in [1.82, 2.24) is 19.7 Å². The van der Waals surface area contributed by atoms with E-state index in [1.54, 1.807) is 6.07 Å². The highest BCUT2D eigenvalue weighted by Crippen LogP contribution is 2.42. The van der Waals surface area contributed by atoms with E-state index in [4.69, 9.17) is 5.10 Å². The van der Waals surface area contributed by atoms with E-state index in [9.17, 15) is 9.90 Å². The summed E-state index contributed by atoms with van der Waals surface area (Å²) in [5.74, 6) is -0.587. The average molecular weight is 434 g/mol. The number of fused-ring (bicyclic) bond motifs is 1. The third kappa shape index (κ3) is 3.75. The Hall–Kier alpha value is -2.93. The summed E-state index contributed by atoms with van der Waals surface area (Å²) in [5.41, 5.74) is 3.68. The molecule has 2 fully saturated rings. The lowest BCUT2D eigenvalue weighted by Crippen LogP contribution is -2.35. The summed E-state index contributed by atoms with van der Waals surface area (Å²) in [4.78, 5) is 21.5. The first kappa shape index (κ1) is 20.9. The molecule has 1 saturated carbocycles. The first-order valence-electron chi connectivity index (χ1n) is 11.7. The molecular weight excluding hydrogens is 402 g/mol. The molecule has 0 atom stereocenters. The quantitative estimate of drug-likeness (QED) is 0.646. The lowest BCUT2D eigenvalue weighted by molar-refractivity contribution is 0.0691. The van der Waals surface area contributed by atoms with Crippen molar-refractivity contribution in [3.8, 4) is 5.69 Å². The first-order chi connectivity index (χ1) is 15.5. The molecule has 1 aromatic carbocycles. The predicted octanol–water partition coefficient (Wildman–Crippen LogP) is 4.31. The molecule has 7 heteroatoms. The molecule has 0 spiro atoms. The van der Waals surface area contributed by atoms with Crippen LogP contribution in [0.1, 0.15) is 61.6 Å². The van der Waals surface area contributed by atoms with Gasteiger partial charge in [-0.25, -0.2) is 14.5 Å². The van der Waals surface area contributed by atoms with Crippen molar-refractivity contribution in [1.29, 1.82) is 0 Å². The van der Waals surface area contributed by atoms with Crippen LogP contribution in [-0.4, -0.2) is 63.0 Å². The molecule has 5 rings (SSSR count). The van der Waals surface area contributed by atoms with Gasteiger partial charge in [-0.2, -0.15) is 5.10 Å². The minimum atomic E-state index is -1.00. The number of carboxylic acids is 1. The molecule has 168 valence electrons. The highest BCUT2D eigenvalue weighted by Gasteiger charge is 2.31. The Morgan fingerprint density at radius 1 is 1.06 bits per heavy atom. The fourth-order valence-corrected chi connectivity index (χ4v) is 4.89. The summed E-state index contributed by atoms with van der Waals surface area (Å²) in [6.07, 6.45) is 4.52. The van der Waals surface area contributed by atoms with E-state index in [0.717, 1.165) is 67.9 Å². The van der Waals surface area contributed by atoms with Gasteiger partial charge in [-0.15, -0.1) is 0 Å². The summed E-state index contributed by atoms with van der Waals surface area (Å²) in [6.45, 7) is 8.28. The highest BCUT2D eigenvalue weighted by molar-refractivity contribution is 5.98. The molecule has 0 amide bonds. The Labute approximate surface area is 188 Å². The molecular formula is C25H31N5O2. The number of carbonyl (C=O) groups is 1. The van der Waals surface area contributed by atoms with E-state index in [-0.39, 0.29) is 5.69 Å². The van der Waals surface area contributed by atoms with Crippen LogP contribution in [0.25, 0.3) is 16.7 Å². The molecule has 3 heterocycles. The molecule has 0 radical (unpaired) electrons. The number of rotatable bonds is 5. The molecule has 2 aromatic heterocycles. The zero-order chi connectivity index (χ0) is 22.2. The van der Waals surface area contributed by atoms with Crippen LogP contribution in [0.3, 0.4) is 0 Å². The molecule has 1 aliphatic heterocycles. The van der Waals surface area contributed by atoms with Crippen LogP contribution in [0.2, 0.25) is 0 Å². The number of benzene rings is 1. The van der Waals surface area contributed by atoms with Gasteiger partial charge in [0.25, 0.3) is 0 Å². The number of aromatic carboxylic acids is 1. The Kier molecular flexibility index (Phi) is 5.59. The van der Waals surface area contributed by atoms with Gasteiger partial charge in [0.15, 0.2) is 11.3 Å². The second-order valence-electron chi connectivity index (χ2n) is 9.26. The zero-order valence-corrected chi connectivity index (χ0v) is 18.9. The molecule has 1 saturated heterocycles. The zero-order valence-electron chi connectivity index (χ0n) is 18.9. The van der Waals surface area contributed by atoms with Gasteiger partial charge in [-0.1, -0.05) is 24.6 Å². The van der Waals surface area contributed by atoms with Crippen LogP contribution in [0.15, 0.2) is 36.4 Å². The summed E-state index contributed by atoms with van der Waals surface area (Å²) in [6, 6.07) is 12.2. The number of hydrogen-bond donors (Lipinski definition) is 1. The van der Waals surface area contributed by atoms with E-state index < -0.39 is 5.97 Å². The van der Waals surface area contributed by atoms with E-state index in [1.165, 1.54) is 6.42 Å². The summed E-state index contributed by atoms with van der Waals surface area (Å²) in [5, 5.41) is 15.9. The maximum absolute atomic E-state index is 12.0. The molecule has 1 N–H and O–H groups in total. The van der Waals surface area contributed by atoms with Gasteiger partial charge in [-0.05, 0) is 51.3 Å². The second-order valence-corrected chi connectivity index (χ2v) is 9.26. The molecule has 0 unspecified atom stereocenters. The van der Waals surface area contributed by atoms with Gasteiger partial charge >= 0.3 is 5.97 Å². The summed E-state index contributed by atoms with van der Waals surface area (Å²) < 4.78 is 1.84. The Morgan fingerprint density at radius 2 is 1.84 bits per heavy atom. The lowest BCUT2D eigenvalue weighted by atomic mass is 9.82. The van der Waals surface area contributed by atoms with Crippen molar-refractivity contribution in [2.75, 3.05) is 31.1 Å². The van der Waals surface area contributed by atoms with E-state index in [2.05, 4.69) is 28.6 Å². The molecule has 0 bridgehead atoms. The third-order valence-corrected chi connectivity index (χ3v) is 6.96. The average Bonchev–Trinajstić information content (AvgIpc) is 2.94. The smallest absolute Gasteiger partial charge is 0.354 e. The van der Waals surface area contributed by atoms with Crippen molar-refractivity contribution < 1.29 is 9.90 Å². The van der Waals surface area contributed by atoms with Gasteiger partial charge in [0.2, 0.25) is 0 Å². The van der Waals surface area contributed by atoms with Gasteiger partial charge in [0.05, 0.1) is 22.5 Å². The molecule has 1 aliphatic carbocycles. The van der Waals surface area contributed by atoms with Crippen LogP contribution in [0.4, 0.5) is 5.69 Å². The van der Waals surface area contributed by atoms with Crippen molar-refractivity contribution in [3.05, 3.63) is 47.8 Å². The standard InChI is InChI=1S/C25H31N5O2/c1-17(2)28-12-7-13-29(15-14-28)21-16-20(25(31)32)26-24-22(21)23(18-8-6-9-18)27-30(24)19-10-4-3-5-11-19/h3-5,10-11,16-18H,6-9,12-15H2,1-2H3,(H,31,32). The van der Waals surface area contributed by atoms with Crippen molar-refractivity contribution in [3.63, 3.8) is 0 Å². The monoisotopic (exact) mass is 433 g/mol. The Balaban J connectivity index is 1.69. The van der Waals surface area contributed by atoms with Crippen LogP contribution in [-0.2, 0) is 0 Å². The summed E-state index contributed by atoms with van der Waals surface area (Å²) >= 11 is 0. The van der Waals surface area contributed by atoms with Gasteiger partial charge < -0.3 is 10.0 Å². The van der Waals surface area contributed by atoms with Gasteiger partial charge in [0, 0.05) is 38.1 Å². The topological polar surface area (TPSA) is 74.5 Å². The Morgan fingerprint density at radius 3 is 2.50 bits per heavy atom. The fraction of sp³-hybridized carbons (Fsp3) is 0.480. The molecule has 32 heavy (non-hydrogen) atoms. The number of carboxylic acid groups (broad SMARTS) is 1. The summed E-state index contributed by atoms with van der Waals surface area (Å²) in [7, 11) is 0. The van der Waals surface area contributed by atoms with E-state index in [1.807, 2.05) is 35.0 Å². The number of nitrogens with zero attached hydrogens (tertiary/aromatic N) is 5. The number of aromatic nitrogens is 3. The maximum atomic E-state index is 12.0. The first-order valence-corrected chi connectivity index (χ1v) is 11.7. The van der Waals surface area contributed by atoms with Gasteiger partial charge in [0.1, 0.15) is 0 Å². The van der Waals surface area contributed by atoms with E-state index >= 15 is 0 Å². The van der Waals surface area contributed by atoms with Crippen LogP contribution in [0.5, 0.6) is 0 Å². The van der Waals surface area contributed by atoms with Crippen molar-refractivity contribution >= 4 is 22.7 Å². The normalized spacial score (nSPS) is 18.2. The maximum Gasteiger partial charge on any atom is 0.354 e. The molecule has 3 aromatic rings. The minimum absolute atomic E-state index is 0.0784. The predicted molar refractivity (Wildman–Crippen MR) is 126 cm³/mol. The molecule has 2 aliphatic rings. The van der Waals surface area contributed by atoms with Gasteiger partial charge in [-0.3, -0.25) is 4.90 Å². The SMILES string of the molecule is CC(C)N1CCCN(c2cc(C(=O)O)nc3c2c(C2CCC2)nn3-c2ccccc2)CC1. The van der Waals surface area contributed by atoms with Crippen LogP contribution < -0.4 is 4.90 Å². The lowest BCUT2D eigenvalue weighted by Gasteiger charge is -2.28. The van der Waals surface area contributed by atoms with Crippen LogP contribution >= 0.6 is 0 Å². The number of pyridine rings is 1. The minimum Gasteiger partial charge on any atom is -0.477 e. The highest BCUT2D eigenvalue weighted by atomic mass is 16.4. The molecule has 7 nitrogen and oxygen atoms in total. The van der Waals surface area contributed by atoms with Crippen LogP contribution in [0, 0.1) is 0 Å². The van der Waals surface area contributed by atoms with Crippen molar-refractivity contribution in [2.24, 2.45) is 0 Å². The van der Waals surface area contributed by atoms with Crippen molar-refractivity contribution in [2.45, 2.75) is 51.5 Å². The largest absolute Gasteiger partial charge is 0.477 e. The third-order valence-electron chi connectivity index (χ3n) is 6.96. The number of anilines is 1. The number of hydrogen-bond acceptors (Lipinski definition) is 5. The fourth-order valence-electron chi connectivity index (χ4n) is 4.89. The Bertz CT molecular complexity index is 1120. The van der Waals surface area contributed by atoms with E-state index in [0.29, 0.717) is 17.6 Å².